The van der Waals surface area contributed by atoms with E-state index in [0.717, 1.165) is 11.1 Å². The van der Waals surface area contributed by atoms with Crippen molar-refractivity contribution in [3.63, 3.8) is 0 Å². The molecule has 2 aromatic heterocycles. The van der Waals surface area contributed by atoms with Gasteiger partial charge in [0, 0.05) is 24.7 Å². The second kappa shape index (κ2) is 6.27. The topological polar surface area (TPSA) is 79.9 Å². The second-order valence-electron chi connectivity index (χ2n) is 5.48. The van der Waals surface area contributed by atoms with E-state index in [2.05, 4.69) is 32.1 Å². The third-order valence-electron chi connectivity index (χ3n) is 2.42. The van der Waals surface area contributed by atoms with E-state index < -0.39 is 11.7 Å². The van der Waals surface area contributed by atoms with E-state index in [1.807, 2.05) is 26.8 Å². The maximum atomic E-state index is 11.4. The lowest BCUT2D eigenvalue weighted by molar-refractivity contribution is 0.0529. The predicted molar refractivity (Wildman–Crippen MR) is 79.6 cm³/mol. The fraction of sp³-hybridized carbons (Fsp3) is 0.400. The zero-order valence-corrected chi connectivity index (χ0v) is 12.4. The molecule has 0 bridgehead atoms. The van der Waals surface area contributed by atoms with Crippen molar-refractivity contribution in [3.8, 4) is 11.8 Å². The first-order chi connectivity index (χ1) is 9.94. The van der Waals surface area contributed by atoms with Gasteiger partial charge in [0.25, 0.3) is 0 Å². The minimum absolute atomic E-state index is 0.426. The molecule has 0 aromatic carbocycles. The molecule has 6 nitrogen and oxygen atoms in total. The second-order valence-corrected chi connectivity index (χ2v) is 5.48. The van der Waals surface area contributed by atoms with Gasteiger partial charge in [0.15, 0.2) is 5.65 Å². The maximum absolute atomic E-state index is 11.4. The average Bonchev–Trinajstić information content (AvgIpc) is 2.83. The number of carbonyl (C=O) groups excluding carboxylic acids is 1. The molecule has 2 aromatic rings. The Kier molecular flexibility index (Phi) is 4.43. The van der Waals surface area contributed by atoms with Gasteiger partial charge in [-0.25, -0.2) is 14.8 Å². The predicted octanol–water partition coefficient (Wildman–Crippen LogP) is 2.22. The maximum Gasteiger partial charge on any atom is 0.407 e. The molecular formula is C15H18N4O2. The molecule has 0 saturated carbocycles. The Balaban J connectivity index is 1.80. The molecule has 2 heterocycles. The molecule has 21 heavy (non-hydrogen) atoms. The van der Waals surface area contributed by atoms with Crippen LogP contribution in [0.1, 0.15) is 32.8 Å². The summed E-state index contributed by atoms with van der Waals surface area (Å²) in [6.45, 7) is 5.92. The minimum atomic E-state index is -0.485. The van der Waals surface area contributed by atoms with Crippen molar-refractivity contribution in [2.75, 3.05) is 6.54 Å². The number of ether oxygens (including phenoxy) is 1. The van der Waals surface area contributed by atoms with Crippen LogP contribution in [0.3, 0.4) is 0 Å². The highest BCUT2D eigenvalue weighted by Gasteiger charge is 2.15. The number of alkyl carbamates (subject to hydrolysis) is 1. The first-order valence-corrected chi connectivity index (χ1v) is 6.69. The molecule has 6 heteroatoms. The summed E-state index contributed by atoms with van der Waals surface area (Å²) in [5.41, 5.74) is 1.85. The molecule has 0 spiro atoms. The number of rotatable bonds is 2. The molecular weight excluding hydrogens is 268 g/mol. The number of fused-ring (bicyclic) bond motifs is 1. The number of carbonyl (C=O) groups is 1. The smallest absolute Gasteiger partial charge is 0.407 e. The van der Waals surface area contributed by atoms with Gasteiger partial charge in [0.2, 0.25) is 0 Å². The van der Waals surface area contributed by atoms with E-state index >= 15 is 0 Å². The molecule has 0 atom stereocenters. The summed E-state index contributed by atoms with van der Waals surface area (Å²) in [6.07, 6.45) is 3.39. The highest BCUT2D eigenvalue weighted by atomic mass is 16.6. The molecule has 0 unspecified atom stereocenters. The number of amides is 1. The summed E-state index contributed by atoms with van der Waals surface area (Å²) in [5, 5.41) is 2.66. The highest BCUT2D eigenvalue weighted by molar-refractivity contribution is 5.71. The lowest BCUT2D eigenvalue weighted by atomic mass is 10.2. The molecule has 2 rings (SSSR count). The van der Waals surface area contributed by atoms with Crippen LogP contribution in [0.2, 0.25) is 0 Å². The highest BCUT2D eigenvalue weighted by Crippen LogP contribution is 2.07. The SMILES string of the molecule is CC(C)(C)OC(=O)NCCC#Cc1cnc2nc[nH]c2c1. The van der Waals surface area contributed by atoms with Crippen LogP contribution in [-0.2, 0) is 4.74 Å². The van der Waals surface area contributed by atoms with Crippen molar-refractivity contribution >= 4 is 17.3 Å². The number of hydrogen-bond donors (Lipinski definition) is 2. The van der Waals surface area contributed by atoms with Crippen LogP contribution in [0.25, 0.3) is 11.2 Å². The summed E-state index contributed by atoms with van der Waals surface area (Å²) in [6, 6.07) is 1.89. The van der Waals surface area contributed by atoms with Crippen molar-refractivity contribution in [3.05, 3.63) is 24.2 Å². The van der Waals surface area contributed by atoms with Crippen LogP contribution in [-0.4, -0.2) is 33.2 Å². The van der Waals surface area contributed by atoms with Gasteiger partial charge in [-0.05, 0) is 26.8 Å². The van der Waals surface area contributed by atoms with Crippen molar-refractivity contribution < 1.29 is 9.53 Å². The number of pyridine rings is 1. The summed E-state index contributed by atoms with van der Waals surface area (Å²) in [7, 11) is 0. The van der Waals surface area contributed by atoms with Crippen molar-refractivity contribution in [1.29, 1.82) is 0 Å². The normalized spacial score (nSPS) is 10.8. The molecule has 1 amide bonds. The standard InChI is InChI=1S/C15H18N4O2/c1-15(2,3)21-14(20)16-7-5-4-6-11-8-12-13(17-9-11)19-10-18-12/h8-10H,5,7H2,1-3H3,(H,16,20)(H,17,18,19). The van der Waals surface area contributed by atoms with E-state index in [1.165, 1.54) is 0 Å². The van der Waals surface area contributed by atoms with Gasteiger partial charge >= 0.3 is 6.09 Å². The Hall–Kier alpha value is -2.55. The molecule has 0 saturated heterocycles. The van der Waals surface area contributed by atoms with Gasteiger partial charge in [-0.1, -0.05) is 11.8 Å². The summed E-state index contributed by atoms with van der Waals surface area (Å²) < 4.78 is 5.12. The lowest BCUT2D eigenvalue weighted by Gasteiger charge is -2.19. The Morgan fingerprint density at radius 3 is 3.00 bits per heavy atom. The van der Waals surface area contributed by atoms with Crippen LogP contribution in [0, 0.1) is 11.8 Å². The molecule has 110 valence electrons. The van der Waals surface area contributed by atoms with E-state index in [0.29, 0.717) is 18.6 Å². The zero-order valence-electron chi connectivity index (χ0n) is 12.4. The Labute approximate surface area is 123 Å². The van der Waals surface area contributed by atoms with E-state index in [4.69, 9.17) is 4.74 Å². The van der Waals surface area contributed by atoms with E-state index in [-0.39, 0.29) is 0 Å². The third kappa shape index (κ3) is 4.80. The third-order valence-corrected chi connectivity index (χ3v) is 2.42. The van der Waals surface area contributed by atoms with Crippen LogP contribution < -0.4 is 5.32 Å². The van der Waals surface area contributed by atoms with Crippen LogP contribution >= 0.6 is 0 Å². The zero-order chi connectivity index (χ0) is 15.3. The van der Waals surface area contributed by atoms with Gasteiger partial charge < -0.3 is 15.0 Å². The summed E-state index contributed by atoms with van der Waals surface area (Å²) in [4.78, 5) is 22.6. The molecule has 0 aliphatic carbocycles. The number of aromatic nitrogens is 3. The largest absolute Gasteiger partial charge is 0.444 e. The van der Waals surface area contributed by atoms with Gasteiger partial charge in [-0.15, -0.1) is 0 Å². The molecule has 0 aliphatic heterocycles. The van der Waals surface area contributed by atoms with Crippen molar-refractivity contribution in [2.45, 2.75) is 32.8 Å². The number of nitrogens with one attached hydrogen (secondary N) is 2. The number of H-pyrrole nitrogens is 1. The van der Waals surface area contributed by atoms with Crippen LogP contribution in [0.5, 0.6) is 0 Å². The van der Waals surface area contributed by atoms with Crippen molar-refractivity contribution in [1.82, 2.24) is 20.3 Å². The number of imidazole rings is 1. The summed E-state index contributed by atoms with van der Waals surface area (Å²) >= 11 is 0. The Morgan fingerprint density at radius 2 is 2.24 bits per heavy atom. The van der Waals surface area contributed by atoms with Crippen LogP contribution in [0.15, 0.2) is 18.6 Å². The Morgan fingerprint density at radius 1 is 1.43 bits per heavy atom. The van der Waals surface area contributed by atoms with Gasteiger partial charge in [0.05, 0.1) is 11.8 Å². The summed E-state index contributed by atoms with van der Waals surface area (Å²) in [5.74, 6) is 5.98. The lowest BCUT2D eigenvalue weighted by Crippen LogP contribution is -2.32. The van der Waals surface area contributed by atoms with Gasteiger partial charge in [-0.2, -0.15) is 0 Å². The number of aromatic amines is 1. The fourth-order valence-corrected chi connectivity index (χ4v) is 1.60. The molecule has 0 aliphatic rings. The van der Waals surface area contributed by atoms with E-state index in [1.54, 1.807) is 12.5 Å². The van der Waals surface area contributed by atoms with Gasteiger partial charge in [0.1, 0.15) is 5.60 Å². The van der Waals surface area contributed by atoms with Gasteiger partial charge in [-0.3, -0.25) is 0 Å². The number of hydrogen-bond acceptors (Lipinski definition) is 4. The average molecular weight is 286 g/mol. The molecule has 0 fully saturated rings. The van der Waals surface area contributed by atoms with E-state index in [9.17, 15) is 4.79 Å². The van der Waals surface area contributed by atoms with Crippen LogP contribution in [0.4, 0.5) is 4.79 Å². The minimum Gasteiger partial charge on any atom is -0.444 e. The monoisotopic (exact) mass is 286 g/mol. The Bertz CT molecular complexity index is 689. The number of nitrogens with zero attached hydrogens (tertiary/aromatic N) is 2. The fourth-order valence-electron chi connectivity index (χ4n) is 1.60. The molecule has 2 N–H and O–H groups in total. The first kappa shape index (κ1) is 14.9. The first-order valence-electron chi connectivity index (χ1n) is 6.69. The van der Waals surface area contributed by atoms with Crippen molar-refractivity contribution in [2.24, 2.45) is 0 Å². The quantitative estimate of drug-likeness (QED) is 0.655. The molecule has 0 radical (unpaired) electrons.